The number of phosphoric ester groups is 1. The van der Waals surface area contributed by atoms with Gasteiger partial charge in [-0.25, -0.2) is 13.9 Å². The smallest absolute Gasteiger partial charge is 0.479 e. The molecule has 5 unspecified atom stereocenters. The first-order valence-corrected chi connectivity index (χ1v) is 7.83. The SMILES string of the molecule is O=CC(OP(=O)(O)OP(=O)(O)O)C(O)C(O)C(O)C(=O)O. The number of aliphatic carboxylic acids is 1. The van der Waals surface area contributed by atoms with E-state index in [0.29, 0.717) is 0 Å². The van der Waals surface area contributed by atoms with E-state index in [1.807, 2.05) is 0 Å². The summed E-state index contributed by atoms with van der Waals surface area (Å²) < 4.78 is 28.7. The number of hydrogen-bond acceptors (Lipinski definition) is 9. The van der Waals surface area contributed by atoms with Gasteiger partial charge >= 0.3 is 21.6 Å². The molecule has 0 aliphatic rings. The molecule has 0 rings (SSSR count). The first kappa shape index (κ1) is 20.3. The maximum Gasteiger partial charge on any atom is 0.481 e. The molecule has 0 spiro atoms. The number of carbonyl (C=O) groups excluding carboxylic acids is 1. The second-order valence-corrected chi connectivity index (χ2v) is 6.29. The molecule has 7 N–H and O–H groups in total. The maximum absolute atomic E-state index is 11.1. The number of hydrogen-bond donors (Lipinski definition) is 7. The lowest BCUT2D eigenvalue weighted by Crippen LogP contribution is -2.48. The van der Waals surface area contributed by atoms with Gasteiger partial charge < -0.3 is 39.9 Å². The van der Waals surface area contributed by atoms with E-state index in [4.69, 9.17) is 24.9 Å². The minimum atomic E-state index is -5.53. The molecule has 0 fully saturated rings. The topological polar surface area (TPSA) is 228 Å². The molecular formula is C6H12O13P2. The van der Waals surface area contributed by atoms with Crippen molar-refractivity contribution in [2.45, 2.75) is 24.4 Å². The second-order valence-electron chi connectivity index (χ2n) is 3.51. The Labute approximate surface area is 116 Å². The quantitative estimate of drug-likeness (QED) is 0.161. The number of carbonyl (C=O) groups is 2. The Morgan fingerprint density at radius 1 is 1.05 bits per heavy atom. The first-order chi connectivity index (χ1) is 9.30. The van der Waals surface area contributed by atoms with Gasteiger partial charge in [-0.15, -0.1) is 0 Å². The van der Waals surface area contributed by atoms with Crippen molar-refractivity contribution in [2.75, 3.05) is 0 Å². The summed E-state index contributed by atoms with van der Waals surface area (Å²) in [6, 6.07) is 0. The molecule has 0 aromatic heterocycles. The Balaban J connectivity index is 5.01. The Morgan fingerprint density at radius 3 is 1.86 bits per heavy atom. The van der Waals surface area contributed by atoms with Crippen LogP contribution in [0.1, 0.15) is 0 Å². The van der Waals surface area contributed by atoms with Gasteiger partial charge in [0.25, 0.3) is 0 Å². The van der Waals surface area contributed by atoms with E-state index in [1.165, 1.54) is 0 Å². The standard InChI is InChI=1S/C6H12O13P2/c7-1-2(3(8)4(9)5(10)6(11)12)18-21(16,17)19-20(13,14)15/h1-5,8-10H,(H,11,12)(H,16,17)(H2,13,14,15). The predicted molar refractivity (Wildman–Crippen MR) is 59.5 cm³/mol. The summed E-state index contributed by atoms with van der Waals surface area (Å²) in [6.07, 6.45) is -10.4. The van der Waals surface area contributed by atoms with E-state index >= 15 is 0 Å². The van der Waals surface area contributed by atoms with E-state index in [1.54, 1.807) is 0 Å². The molecule has 0 amide bonds. The fourth-order valence-electron chi connectivity index (χ4n) is 1.00. The van der Waals surface area contributed by atoms with Gasteiger partial charge in [0, 0.05) is 0 Å². The highest BCUT2D eigenvalue weighted by Crippen LogP contribution is 2.58. The molecule has 21 heavy (non-hydrogen) atoms. The van der Waals surface area contributed by atoms with Crippen molar-refractivity contribution < 1.29 is 62.7 Å². The van der Waals surface area contributed by atoms with Crippen molar-refractivity contribution in [3.8, 4) is 0 Å². The first-order valence-electron chi connectivity index (χ1n) is 4.81. The van der Waals surface area contributed by atoms with Crippen LogP contribution in [0.4, 0.5) is 0 Å². The van der Waals surface area contributed by atoms with Crippen molar-refractivity contribution in [1.29, 1.82) is 0 Å². The number of rotatable bonds is 9. The molecule has 0 saturated heterocycles. The highest BCUT2D eigenvalue weighted by molar-refractivity contribution is 7.60. The van der Waals surface area contributed by atoms with Crippen molar-refractivity contribution in [2.24, 2.45) is 0 Å². The van der Waals surface area contributed by atoms with Crippen LogP contribution >= 0.6 is 15.6 Å². The van der Waals surface area contributed by atoms with E-state index in [0.717, 1.165) is 0 Å². The van der Waals surface area contributed by atoms with Crippen LogP contribution in [0, 0.1) is 0 Å². The van der Waals surface area contributed by atoms with Crippen LogP contribution < -0.4 is 0 Å². The highest BCUT2D eigenvalue weighted by Gasteiger charge is 2.41. The molecule has 0 radical (unpaired) electrons. The minimum absolute atomic E-state index is 0.381. The Kier molecular flexibility index (Phi) is 7.26. The lowest BCUT2D eigenvalue weighted by Gasteiger charge is -2.25. The molecule has 0 aliphatic carbocycles. The predicted octanol–water partition coefficient (Wildman–Crippen LogP) is -3.05. The molecule has 0 heterocycles. The monoisotopic (exact) mass is 354 g/mol. The third-order valence-electron chi connectivity index (χ3n) is 1.86. The Bertz CT molecular complexity index is 469. The zero-order valence-electron chi connectivity index (χ0n) is 9.86. The summed E-state index contributed by atoms with van der Waals surface area (Å²) in [7, 11) is -11.0. The minimum Gasteiger partial charge on any atom is -0.479 e. The number of aliphatic hydroxyl groups excluding tert-OH is 3. The van der Waals surface area contributed by atoms with Crippen molar-refractivity contribution in [1.82, 2.24) is 0 Å². The maximum atomic E-state index is 11.1. The van der Waals surface area contributed by atoms with Crippen LogP contribution in [0.3, 0.4) is 0 Å². The van der Waals surface area contributed by atoms with Gasteiger partial charge in [-0.2, -0.15) is 4.31 Å². The van der Waals surface area contributed by atoms with Crippen LogP contribution in [-0.4, -0.2) is 71.8 Å². The summed E-state index contributed by atoms with van der Waals surface area (Å²) >= 11 is 0. The van der Waals surface area contributed by atoms with Crippen LogP contribution in [0.5, 0.6) is 0 Å². The summed E-state index contributed by atoms with van der Waals surface area (Å²) in [5, 5.41) is 35.8. The van der Waals surface area contributed by atoms with Crippen LogP contribution in [0.25, 0.3) is 0 Å². The van der Waals surface area contributed by atoms with E-state index in [9.17, 15) is 28.9 Å². The van der Waals surface area contributed by atoms with Gasteiger partial charge in [-0.05, 0) is 0 Å². The molecule has 0 bridgehead atoms. The molecule has 0 aromatic carbocycles. The lowest BCUT2D eigenvalue weighted by molar-refractivity contribution is -0.163. The van der Waals surface area contributed by atoms with Gasteiger partial charge in [0.15, 0.2) is 18.5 Å². The van der Waals surface area contributed by atoms with Crippen LogP contribution in [0.2, 0.25) is 0 Å². The zero-order chi connectivity index (χ0) is 17.0. The Hall–Kier alpha value is -0.720. The fraction of sp³-hybridized carbons (Fsp3) is 0.667. The second kappa shape index (κ2) is 7.51. The molecule has 15 heteroatoms. The van der Waals surface area contributed by atoms with Crippen molar-refractivity contribution in [3.05, 3.63) is 0 Å². The fourth-order valence-corrected chi connectivity index (χ4v) is 2.71. The number of aliphatic hydroxyl groups is 3. The zero-order valence-corrected chi connectivity index (χ0v) is 11.7. The summed E-state index contributed by atoms with van der Waals surface area (Å²) in [5.74, 6) is -1.98. The van der Waals surface area contributed by atoms with E-state index < -0.39 is 46.0 Å². The van der Waals surface area contributed by atoms with E-state index in [2.05, 4.69) is 8.83 Å². The molecule has 13 nitrogen and oxygen atoms in total. The van der Waals surface area contributed by atoms with E-state index in [-0.39, 0.29) is 6.29 Å². The largest absolute Gasteiger partial charge is 0.481 e. The third kappa shape index (κ3) is 7.20. The normalized spacial score (nSPS) is 20.9. The molecule has 0 saturated carbocycles. The average Bonchev–Trinajstić information content (AvgIpc) is 2.30. The van der Waals surface area contributed by atoms with Crippen molar-refractivity contribution >= 4 is 27.9 Å². The molecule has 5 atom stereocenters. The van der Waals surface area contributed by atoms with Crippen LogP contribution in [-0.2, 0) is 27.6 Å². The molecule has 124 valence electrons. The number of phosphoric acid groups is 2. The summed E-state index contributed by atoms with van der Waals surface area (Å²) in [6.45, 7) is 0. The van der Waals surface area contributed by atoms with Crippen LogP contribution in [0.15, 0.2) is 0 Å². The average molecular weight is 354 g/mol. The van der Waals surface area contributed by atoms with Crippen molar-refractivity contribution in [3.63, 3.8) is 0 Å². The number of carboxylic acid groups (broad SMARTS) is 1. The van der Waals surface area contributed by atoms with Gasteiger partial charge in [-0.1, -0.05) is 0 Å². The summed E-state index contributed by atoms with van der Waals surface area (Å²) in [4.78, 5) is 46.5. The van der Waals surface area contributed by atoms with Gasteiger partial charge in [0.1, 0.15) is 12.2 Å². The van der Waals surface area contributed by atoms with Gasteiger partial charge in [-0.3, -0.25) is 4.52 Å². The number of aldehydes is 1. The summed E-state index contributed by atoms with van der Waals surface area (Å²) in [5.41, 5.74) is 0. The lowest BCUT2D eigenvalue weighted by atomic mass is 10.0. The molecule has 0 aliphatic heterocycles. The number of carboxylic acids is 1. The Morgan fingerprint density at radius 2 is 1.52 bits per heavy atom. The van der Waals surface area contributed by atoms with Gasteiger partial charge in [0.2, 0.25) is 0 Å². The molecular weight excluding hydrogens is 342 g/mol. The molecule has 0 aromatic rings. The third-order valence-corrected chi connectivity index (χ3v) is 4.05. The highest BCUT2D eigenvalue weighted by atomic mass is 31.3. The van der Waals surface area contributed by atoms with Gasteiger partial charge in [0.05, 0.1) is 0 Å².